The van der Waals surface area contributed by atoms with Gasteiger partial charge in [-0.1, -0.05) is 12.1 Å². The van der Waals surface area contributed by atoms with Gasteiger partial charge in [-0.05, 0) is 35.5 Å². The molecule has 2 heterocycles. The number of rotatable bonds is 1. The average Bonchev–Trinajstić information content (AvgIpc) is 2.85. The molecular formula is C12H7FN4OS. The Morgan fingerprint density at radius 2 is 2.05 bits per heavy atom. The van der Waals surface area contributed by atoms with Crippen LogP contribution < -0.4 is 0 Å². The van der Waals surface area contributed by atoms with Crippen LogP contribution in [0.4, 0.5) is 4.39 Å². The van der Waals surface area contributed by atoms with Crippen molar-refractivity contribution in [1.82, 2.24) is 5.01 Å². The van der Waals surface area contributed by atoms with Gasteiger partial charge in [-0.3, -0.25) is 10.2 Å². The zero-order chi connectivity index (χ0) is 13.4. The molecule has 0 bridgehead atoms. The molecule has 2 aliphatic heterocycles. The third kappa shape index (κ3) is 2.08. The van der Waals surface area contributed by atoms with E-state index in [1.54, 1.807) is 0 Å². The number of nitrogens with zero attached hydrogens (tertiary/aromatic N) is 3. The summed E-state index contributed by atoms with van der Waals surface area (Å²) in [5.41, 5.74) is 2.28. The first-order valence-electron chi connectivity index (χ1n) is 5.33. The fourth-order valence-corrected chi connectivity index (χ4v) is 2.27. The molecule has 0 radical (unpaired) electrons. The molecule has 0 aliphatic carbocycles. The van der Waals surface area contributed by atoms with Gasteiger partial charge in [0.25, 0.3) is 5.91 Å². The maximum Gasteiger partial charge on any atom is 0.283 e. The van der Waals surface area contributed by atoms with Crippen molar-refractivity contribution in [2.24, 2.45) is 10.1 Å². The van der Waals surface area contributed by atoms with E-state index in [0.717, 1.165) is 0 Å². The number of halogens is 1. The summed E-state index contributed by atoms with van der Waals surface area (Å²) < 4.78 is 12.8. The summed E-state index contributed by atoms with van der Waals surface area (Å²) in [5, 5.41) is 13.6. The molecule has 5 nitrogen and oxygen atoms in total. The highest BCUT2D eigenvalue weighted by atomic mass is 32.2. The lowest BCUT2D eigenvalue weighted by Gasteiger charge is -2.20. The van der Waals surface area contributed by atoms with E-state index in [4.69, 9.17) is 5.41 Å². The molecule has 0 saturated heterocycles. The minimum absolute atomic E-state index is 0.0272. The number of fused-ring (bicyclic) bond motifs is 1. The van der Waals surface area contributed by atoms with Crippen molar-refractivity contribution in [3.63, 3.8) is 0 Å². The van der Waals surface area contributed by atoms with E-state index in [1.165, 1.54) is 52.7 Å². The van der Waals surface area contributed by atoms with Crippen LogP contribution in [0.3, 0.4) is 0 Å². The number of nitrogens with one attached hydrogen (secondary N) is 1. The molecule has 1 aromatic rings. The SMILES string of the molecule is N=C1/C(=C\c2ccc(F)cc2)C(=O)N=C2SC=NN12. The molecule has 1 amide bonds. The van der Waals surface area contributed by atoms with Crippen molar-refractivity contribution in [2.45, 2.75) is 0 Å². The quantitative estimate of drug-likeness (QED) is 0.797. The van der Waals surface area contributed by atoms with Crippen LogP contribution >= 0.6 is 11.8 Å². The van der Waals surface area contributed by atoms with Crippen molar-refractivity contribution < 1.29 is 9.18 Å². The molecule has 0 atom stereocenters. The summed E-state index contributed by atoms with van der Waals surface area (Å²) in [6, 6.07) is 5.65. The maximum absolute atomic E-state index is 12.8. The summed E-state index contributed by atoms with van der Waals surface area (Å²) in [5.74, 6) is -0.868. The predicted molar refractivity (Wildman–Crippen MR) is 72.5 cm³/mol. The summed E-state index contributed by atoms with van der Waals surface area (Å²) in [6.45, 7) is 0. The Bertz CT molecular complexity index is 663. The Hall–Kier alpha value is -2.28. The average molecular weight is 274 g/mol. The molecule has 1 aromatic carbocycles. The molecule has 7 heteroatoms. The molecule has 0 fully saturated rings. The van der Waals surface area contributed by atoms with Gasteiger partial charge in [0, 0.05) is 0 Å². The summed E-state index contributed by atoms with van der Waals surface area (Å²) in [7, 11) is 0. The molecule has 0 unspecified atom stereocenters. The standard InChI is InChI=1S/C12H7FN4OS/c13-8-3-1-7(2-4-8)5-9-10(14)17-12(16-11(9)18)19-6-15-17/h1-6,14H/b9-5+,14-10?. The van der Waals surface area contributed by atoms with Crippen LogP contribution in [0.2, 0.25) is 0 Å². The second-order valence-corrected chi connectivity index (χ2v) is 4.62. The highest BCUT2D eigenvalue weighted by molar-refractivity contribution is 8.25. The van der Waals surface area contributed by atoms with Crippen molar-refractivity contribution in [1.29, 1.82) is 5.41 Å². The highest BCUT2D eigenvalue weighted by Gasteiger charge is 2.32. The van der Waals surface area contributed by atoms with Crippen LogP contribution in [0.5, 0.6) is 0 Å². The highest BCUT2D eigenvalue weighted by Crippen LogP contribution is 2.24. The lowest BCUT2D eigenvalue weighted by atomic mass is 10.1. The lowest BCUT2D eigenvalue weighted by Crippen LogP contribution is -2.35. The monoisotopic (exact) mass is 274 g/mol. The summed E-state index contributed by atoms with van der Waals surface area (Å²) in [6.07, 6.45) is 1.50. The topological polar surface area (TPSA) is 68.9 Å². The first-order chi connectivity index (χ1) is 9.15. The van der Waals surface area contributed by atoms with Crippen LogP contribution in [0, 0.1) is 11.2 Å². The van der Waals surface area contributed by atoms with Crippen molar-refractivity contribution in [3.05, 3.63) is 41.2 Å². The van der Waals surface area contributed by atoms with Gasteiger partial charge in [0.15, 0.2) is 11.0 Å². The maximum atomic E-state index is 12.8. The first-order valence-corrected chi connectivity index (χ1v) is 6.21. The Kier molecular flexibility index (Phi) is 2.75. The van der Waals surface area contributed by atoms with Gasteiger partial charge in [-0.2, -0.15) is 15.1 Å². The molecule has 0 saturated carbocycles. The van der Waals surface area contributed by atoms with E-state index in [2.05, 4.69) is 10.1 Å². The minimum atomic E-state index is -0.487. The summed E-state index contributed by atoms with van der Waals surface area (Å²) in [4.78, 5) is 15.7. The molecule has 3 rings (SSSR count). The predicted octanol–water partition coefficient (Wildman–Crippen LogP) is 2.07. The summed E-state index contributed by atoms with van der Waals surface area (Å²) >= 11 is 1.19. The number of hydrogen-bond donors (Lipinski definition) is 1. The van der Waals surface area contributed by atoms with Gasteiger partial charge in [-0.25, -0.2) is 4.39 Å². The number of hydrazone groups is 1. The number of benzene rings is 1. The Morgan fingerprint density at radius 3 is 2.79 bits per heavy atom. The lowest BCUT2D eigenvalue weighted by molar-refractivity contribution is -0.114. The van der Waals surface area contributed by atoms with Crippen LogP contribution in [-0.4, -0.2) is 27.5 Å². The minimum Gasteiger partial charge on any atom is -0.282 e. The van der Waals surface area contributed by atoms with Crippen LogP contribution in [0.25, 0.3) is 6.08 Å². The van der Waals surface area contributed by atoms with Crippen LogP contribution in [0.1, 0.15) is 5.56 Å². The van der Waals surface area contributed by atoms with Crippen LogP contribution in [0.15, 0.2) is 39.9 Å². The van der Waals surface area contributed by atoms with Crippen molar-refractivity contribution >= 4 is 40.3 Å². The van der Waals surface area contributed by atoms with Gasteiger partial charge in [0.2, 0.25) is 0 Å². The molecule has 0 spiro atoms. The van der Waals surface area contributed by atoms with Crippen LogP contribution in [-0.2, 0) is 4.79 Å². The fourth-order valence-electron chi connectivity index (χ4n) is 1.66. The largest absolute Gasteiger partial charge is 0.283 e. The van der Waals surface area contributed by atoms with Gasteiger partial charge in [0.1, 0.15) is 5.82 Å². The zero-order valence-electron chi connectivity index (χ0n) is 9.50. The molecular weight excluding hydrogens is 267 g/mol. The van der Waals surface area contributed by atoms with Gasteiger partial charge >= 0.3 is 0 Å². The number of carbonyl (C=O) groups excluding carboxylic acids is 1. The number of aliphatic imine (C=N–C) groups is 1. The Morgan fingerprint density at radius 1 is 1.32 bits per heavy atom. The molecule has 2 aliphatic rings. The van der Waals surface area contributed by atoms with E-state index in [-0.39, 0.29) is 17.2 Å². The second kappa shape index (κ2) is 4.43. The first kappa shape index (κ1) is 11.8. The van der Waals surface area contributed by atoms with E-state index in [1.807, 2.05) is 0 Å². The number of amides is 1. The van der Waals surface area contributed by atoms with Crippen molar-refractivity contribution in [3.8, 4) is 0 Å². The van der Waals surface area contributed by atoms with E-state index < -0.39 is 5.91 Å². The van der Waals surface area contributed by atoms with E-state index in [9.17, 15) is 9.18 Å². The third-order valence-corrected chi connectivity index (χ3v) is 3.25. The third-order valence-electron chi connectivity index (χ3n) is 2.58. The Labute approximate surface area is 112 Å². The van der Waals surface area contributed by atoms with Gasteiger partial charge in [0.05, 0.1) is 11.1 Å². The van der Waals surface area contributed by atoms with Crippen molar-refractivity contribution in [2.75, 3.05) is 0 Å². The zero-order valence-corrected chi connectivity index (χ0v) is 10.3. The second-order valence-electron chi connectivity index (χ2n) is 3.81. The fraction of sp³-hybridized carbons (Fsp3) is 0. The number of thioether (sulfide) groups is 1. The number of hydrogen-bond acceptors (Lipinski definition) is 4. The molecule has 94 valence electrons. The smallest absolute Gasteiger partial charge is 0.282 e. The van der Waals surface area contributed by atoms with E-state index in [0.29, 0.717) is 10.7 Å². The number of amidine groups is 2. The Balaban J connectivity index is 2.00. The molecule has 19 heavy (non-hydrogen) atoms. The van der Waals surface area contributed by atoms with Gasteiger partial charge < -0.3 is 0 Å². The van der Waals surface area contributed by atoms with E-state index >= 15 is 0 Å². The molecule has 1 N–H and O–H groups in total. The number of carbonyl (C=O) groups is 1. The molecule has 0 aromatic heterocycles. The normalized spacial score (nSPS) is 19.9. The van der Waals surface area contributed by atoms with Gasteiger partial charge in [-0.15, -0.1) is 0 Å².